The molecule has 1 rings (SSSR count). The van der Waals surface area contributed by atoms with Crippen LogP contribution in [-0.4, -0.2) is 17.7 Å². The number of carbonyl (C=O) groups is 1. The smallest absolute Gasteiger partial charge is 0.303 e. The van der Waals surface area contributed by atoms with Crippen molar-refractivity contribution in [1.29, 1.82) is 0 Å². The number of carboxylic acids is 1. The lowest BCUT2D eigenvalue weighted by atomic mass is 10.1. The van der Waals surface area contributed by atoms with Crippen LogP contribution < -0.4 is 4.74 Å². The summed E-state index contributed by atoms with van der Waals surface area (Å²) < 4.78 is 5.72. The molecule has 0 fully saturated rings. The fraction of sp³-hybridized carbons (Fsp3) is 0.609. The van der Waals surface area contributed by atoms with Gasteiger partial charge in [0.25, 0.3) is 0 Å². The Morgan fingerprint density at radius 2 is 1.62 bits per heavy atom. The van der Waals surface area contributed by atoms with Crippen LogP contribution in [0.3, 0.4) is 0 Å². The van der Waals surface area contributed by atoms with Gasteiger partial charge in [-0.2, -0.15) is 0 Å². The molecule has 1 N–H and O–H groups in total. The second-order valence-electron chi connectivity index (χ2n) is 6.90. The van der Waals surface area contributed by atoms with E-state index in [1.165, 1.54) is 57.8 Å². The highest BCUT2D eigenvalue weighted by atomic mass is 16.5. The molecule has 0 aliphatic heterocycles. The minimum absolute atomic E-state index is 0.149. The van der Waals surface area contributed by atoms with Crippen LogP contribution in [0.15, 0.2) is 30.3 Å². The molecule has 0 spiro atoms. The number of rotatable bonds is 16. The maximum Gasteiger partial charge on any atom is 0.303 e. The van der Waals surface area contributed by atoms with Gasteiger partial charge in [-0.1, -0.05) is 88.6 Å². The first kappa shape index (κ1) is 22.3. The molecule has 3 heteroatoms. The van der Waals surface area contributed by atoms with Gasteiger partial charge in [-0.3, -0.25) is 4.79 Å². The normalized spacial score (nSPS) is 11.1. The molecule has 0 saturated carbocycles. The van der Waals surface area contributed by atoms with E-state index in [1.54, 1.807) is 0 Å². The molecule has 0 heterocycles. The van der Waals surface area contributed by atoms with Crippen LogP contribution in [0.1, 0.15) is 89.5 Å². The van der Waals surface area contributed by atoms with Crippen molar-refractivity contribution in [2.45, 2.75) is 84.0 Å². The number of allylic oxidation sites excluding steroid dienone is 1. The van der Waals surface area contributed by atoms with E-state index in [1.807, 2.05) is 24.3 Å². The number of aliphatic carboxylic acids is 1. The first-order valence-electron chi connectivity index (χ1n) is 10.3. The van der Waals surface area contributed by atoms with E-state index < -0.39 is 5.97 Å². The SMILES string of the molecule is CCCCCCCCCCC/C=C\c1ccccc1OCCCC(=O)O. The van der Waals surface area contributed by atoms with Crippen molar-refractivity contribution in [3.63, 3.8) is 0 Å². The minimum Gasteiger partial charge on any atom is -0.493 e. The van der Waals surface area contributed by atoms with Gasteiger partial charge in [0.1, 0.15) is 5.75 Å². The van der Waals surface area contributed by atoms with Crippen LogP contribution in [-0.2, 0) is 4.79 Å². The average Bonchev–Trinajstić information content (AvgIpc) is 2.64. The Balaban J connectivity index is 2.16. The van der Waals surface area contributed by atoms with E-state index >= 15 is 0 Å². The minimum atomic E-state index is -0.775. The van der Waals surface area contributed by atoms with Gasteiger partial charge in [-0.25, -0.2) is 0 Å². The van der Waals surface area contributed by atoms with Crippen molar-refractivity contribution in [1.82, 2.24) is 0 Å². The number of para-hydroxylation sites is 1. The predicted molar refractivity (Wildman–Crippen MR) is 110 cm³/mol. The van der Waals surface area contributed by atoms with Gasteiger partial charge < -0.3 is 9.84 Å². The second-order valence-corrected chi connectivity index (χ2v) is 6.90. The molecule has 3 nitrogen and oxygen atoms in total. The number of carboxylic acid groups (broad SMARTS) is 1. The molecule has 0 amide bonds. The van der Waals surface area contributed by atoms with Gasteiger partial charge in [-0.15, -0.1) is 0 Å². The van der Waals surface area contributed by atoms with E-state index in [-0.39, 0.29) is 6.42 Å². The van der Waals surface area contributed by atoms with Gasteiger partial charge in [0.15, 0.2) is 0 Å². The molecule has 1 aromatic carbocycles. The molecule has 0 aromatic heterocycles. The summed E-state index contributed by atoms with van der Waals surface area (Å²) in [4.78, 5) is 10.5. The van der Waals surface area contributed by atoms with Crippen molar-refractivity contribution < 1.29 is 14.6 Å². The van der Waals surface area contributed by atoms with E-state index in [0.29, 0.717) is 13.0 Å². The quantitative estimate of drug-likeness (QED) is 0.327. The monoisotopic (exact) mass is 360 g/mol. The number of unbranched alkanes of at least 4 members (excludes halogenated alkanes) is 9. The fourth-order valence-electron chi connectivity index (χ4n) is 2.94. The van der Waals surface area contributed by atoms with Gasteiger partial charge in [0.2, 0.25) is 0 Å². The third-order valence-corrected chi connectivity index (χ3v) is 4.48. The number of ether oxygens (including phenoxy) is 1. The summed E-state index contributed by atoms with van der Waals surface area (Å²) in [6, 6.07) is 7.94. The largest absolute Gasteiger partial charge is 0.493 e. The molecule has 0 radical (unpaired) electrons. The highest BCUT2D eigenvalue weighted by Gasteiger charge is 2.01. The van der Waals surface area contributed by atoms with Crippen LogP contribution in [0.4, 0.5) is 0 Å². The molecular formula is C23H36O3. The standard InChI is InChI=1S/C23H36O3/c1-2-3-4-5-6-7-8-9-10-11-12-16-21-17-13-14-18-22(21)26-20-15-19-23(24)25/h12-14,16-18H,2-11,15,19-20H2,1H3,(H,24,25)/b16-12-. The summed E-state index contributed by atoms with van der Waals surface area (Å²) in [5.74, 6) is 0.0592. The zero-order valence-electron chi connectivity index (χ0n) is 16.4. The summed E-state index contributed by atoms with van der Waals surface area (Å²) in [5.41, 5.74) is 1.07. The van der Waals surface area contributed by atoms with Crippen molar-refractivity contribution in [3.8, 4) is 5.75 Å². The summed E-state index contributed by atoms with van der Waals surface area (Å²) in [6.07, 6.45) is 18.3. The van der Waals surface area contributed by atoms with Crippen molar-refractivity contribution in [2.75, 3.05) is 6.61 Å². The Morgan fingerprint density at radius 1 is 0.962 bits per heavy atom. The maximum absolute atomic E-state index is 10.5. The van der Waals surface area contributed by atoms with Gasteiger partial charge >= 0.3 is 5.97 Å². The summed E-state index contributed by atoms with van der Waals surface area (Å²) >= 11 is 0. The molecular weight excluding hydrogens is 324 g/mol. The molecule has 146 valence electrons. The summed E-state index contributed by atoms with van der Waals surface area (Å²) in [7, 11) is 0. The Morgan fingerprint density at radius 3 is 2.31 bits per heavy atom. The van der Waals surface area contributed by atoms with E-state index in [4.69, 9.17) is 9.84 Å². The van der Waals surface area contributed by atoms with Crippen molar-refractivity contribution >= 4 is 12.0 Å². The lowest BCUT2D eigenvalue weighted by Crippen LogP contribution is -2.02. The van der Waals surface area contributed by atoms with Gasteiger partial charge in [0, 0.05) is 12.0 Å². The van der Waals surface area contributed by atoms with Crippen LogP contribution in [0.2, 0.25) is 0 Å². The Kier molecular flexibility index (Phi) is 13.3. The first-order valence-corrected chi connectivity index (χ1v) is 10.3. The molecule has 0 atom stereocenters. The number of benzene rings is 1. The third-order valence-electron chi connectivity index (χ3n) is 4.48. The lowest BCUT2D eigenvalue weighted by molar-refractivity contribution is -0.137. The first-order chi connectivity index (χ1) is 12.7. The van der Waals surface area contributed by atoms with E-state index in [0.717, 1.165) is 17.7 Å². The summed E-state index contributed by atoms with van der Waals surface area (Å²) in [5, 5.41) is 8.67. The highest BCUT2D eigenvalue weighted by Crippen LogP contribution is 2.20. The highest BCUT2D eigenvalue weighted by molar-refractivity contribution is 5.66. The topological polar surface area (TPSA) is 46.5 Å². The molecule has 0 unspecified atom stereocenters. The van der Waals surface area contributed by atoms with Crippen LogP contribution in [0, 0.1) is 0 Å². The molecule has 0 saturated heterocycles. The zero-order valence-corrected chi connectivity index (χ0v) is 16.4. The van der Waals surface area contributed by atoms with Crippen LogP contribution >= 0.6 is 0 Å². The van der Waals surface area contributed by atoms with Gasteiger partial charge in [0.05, 0.1) is 6.61 Å². The predicted octanol–water partition coefficient (Wildman–Crippen LogP) is 6.86. The van der Waals surface area contributed by atoms with Crippen LogP contribution in [0.5, 0.6) is 5.75 Å². The molecule has 0 aliphatic rings. The molecule has 26 heavy (non-hydrogen) atoms. The van der Waals surface area contributed by atoms with Crippen molar-refractivity contribution in [2.24, 2.45) is 0 Å². The third kappa shape index (κ3) is 11.7. The average molecular weight is 361 g/mol. The van der Waals surface area contributed by atoms with E-state index in [9.17, 15) is 4.79 Å². The Bertz CT molecular complexity index is 508. The maximum atomic E-state index is 10.5. The number of hydrogen-bond donors (Lipinski definition) is 1. The zero-order chi connectivity index (χ0) is 18.9. The van der Waals surface area contributed by atoms with E-state index in [2.05, 4.69) is 19.1 Å². The van der Waals surface area contributed by atoms with Crippen molar-refractivity contribution in [3.05, 3.63) is 35.9 Å². The van der Waals surface area contributed by atoms with Crippen LogP contribution in [0.25, 0.3) is 6.08 Å². The fourth-order valence-corrected chi connectivity index (χ4v) is 2.94. The Labute approximate surface area is 159 Å². The lowest BCUT2D eigenvalue weighted by Gasteiger charge is -2.08. The Hall–Kier alpha value is -1.77. The molecule has 1 aromatic rings. The molecule has 0 aliphatic carbocycles. The second kappa shape index (κ2) is 15.5. The van der Waals surface area contributed by atoms with Gasteiger partial charge in [-0.05, 0) is 25.3 Å². The summed E-state index contributed by atoms with van der Waals surface area (Å²) in [6.45, 7) is 2.70. The molecule has 0 bridgehead atoms. The number of hydrogen-bond acceptors (Lipinski definition) is 2.